The van der Waals surface area contributed by atoms with Gasteiger partial charge in [-0.05, 0) is 50.2 Å². The van der Waals surface area contributed by atoms with Crippen molar-refractivity contribution in [2.75, 3.05) is 11.9 Å². The maximum atomic E-state index is 12.4. The van der Waals surface area contributed by atoms with E-state index in [0.29, 0.717) is 22.5 Å². The number of amides is 1. The molecule has 1 saturated carbocycles. The molecule has 1 aliphatic rings. The maximum Gasteiger partial charge on any atom is 0.251 e. The van der Waals surface area contributed by atoms with Gasteiger partial charge in [-0.15, -0.1) is 0 Å². The average Bonchev–Trinajstić information content (AvgIpc) is 2.42. The van der Waals surface area contributed by atoms with Crippen LogP contribution in [0, 0.1) is 11.8 Å². The highest BCUT2D eigenvalue weighted by Gasteiger charge is 2.25. The first-order chi connectivity index (χ1) is 9.99. The van der Waals surface area contributed by atoms with Gasteiger partial charge in [0.15, 0.2) is 0 Å². The summed E-state index contributed by atoms with van der Waals surface area (Å²) >= 11 is 5.98. The average molecular weight is 310 g/mol. The topological polar surface area (TPSA) is 54.0 Å². The third-order valence-corrected chi connectivity index (χ3v) is 4.54. The van der Waals surface area contributed by atoms with Crippen molar-refractivity contribution in [1.29, 1.82) is 0 Å². The molecule has 3 atom stereocenters. The van der Waals surface area contributed by atoms with Crippen LogP contribution in [0.2, 0.25) is 5.15 Å². The fraction of sp³-hybridized carbons (Fsp3) is 0.625. The van der Waals surface area contributed by atoms with E-state index >= 15 is 0 Å². The molecule has 0 aliphatic heterocycles. The molecule has 2 rings (SSSR count). The van der Waals surface area contributed by atoms with E-state index in [2.05, 4.69) is 29.5 Å². The van der Waals surface area contributed by atoms with Crippen LogP contribution in [0.3, 0.4) is 0 Å². The summed E-state index contributed by atoms with van der Waals surface area (Å²) in [4.78, 5) is 16.5. The molecule has 3 unspecified atom stereocenters. The van der Waals surface area contributed by atoms with E-state index in [4.69, 9.17) is 11.6 Å². The second-order valence-electron chi connectivity index (χ2n) is 6.03. The fourth-order valence-electron chi connectivity index (χ4n) is 2.85. The first-order valence-electron chi connectivity index (χ1n) is 7.72. The van der Waals surface area contributed by atoms with Gasteiger partial charge in [0.1, 0.15) is 11.0 Å². The van der Waals surface area contributed by atoms with Gasteiger partial charge in [0.05, 0.1) is 0 Å². The van der Waals surface area contributed by atoms with E-state index in [1.165, 1.54) is 6.42 Å². The third kappa shape index (κ3) is 4.34. The number of nitrogens with one attached hydrogen (secondary N) is 2. The zero-order valence-electron chi connectivity index (χ0n) is 12.9. The Labute approximate surface area is 131 Å². The van der Waals surface area contributed by atoms with E-state index < -0.39 is 0 Å². The Hall–Kier alpha value is -1.29. The van der Waals surface area contributed by atoms with Gasteiger partial charge in [0, 0.05) is 18.2 Å². The lowest BCUT2D eigenvalue weighted by Gasteiger charge is -2.32. The number of anilines is 1. The van der Waals surface area contributed by atoms with Gasteiger partial charge >= 0.3 is 0 Å². The lowest BCUT2D eigenvalue weighted by molar-refractivity contribution is 0.0910. The smallest absolute Gasteiger partial charge is 0.251 e. The standard InChI is InChI=1S/C16H24ClN3O/c1-4-18-15-9-12(8-14(17)20-15)16(21)19-13-6-5-10(2)11(3)7-13/h8-11,13H,4-7H2,1-3H3,(H,18,20)(H,19,21). The van der Waals surface area contributed by atoms with Gasteiger partial charge in [-0.3, -0.25) is 4.79 Å². The predicted molar refractivity (Wildman–Crippen MR) is 86.8 cm³/mol. The van der Waals surface area contributed by atoms with Crippen molar-refractivity contribution < 1.29 is 4.79 Å². The SMILES string of the molecule is CCNc1cc(C(=O)NC2CCC(C)C(C)C2)cc(Cl)n1. The predicted octanol–water partition coefficient (Wildman–Crippen LogP) is 3.72. The second-order valence-corrected chi connectivity index (χ2v) is 6.42. The van der Waals surface area contributed by atoms with Crippen LogP contribution in [0.25, 0.3) is 0 Å². The van der Waals surface area contributed by atoms with Gasteiger partial charge in [0.25, 0.3) is 5.91 Å². The molecule has 5 heteroatoms. The number of hydrogen-bond donors (Lipinski definition) is 2. The lowest BCUT2D eigenvalue weighted by atomic mass is 9.79. The monoisotopic (exact) mass is 309 g/mol. The summed E-state index contributed by atoms with van der Waals surface area (Å²) in [7, 11) is 0. The lowest BCUT2D eigenvalue weighted by Crippen LogP contribution is -2.39. The molecule has 1 aromatic rings. The van der Waals surface area contributed by atoms with Crippen molar-refractivity contribution in [2.24, 2.45) is 11.8 Å². The summed E-state index contributed by atoms with van der Waals surface area (Å²) in [5, 5.41) is 6.55. The number of carbonyl (C=O) groups excluding carboxylic acids is 1. The van der Waals surface area contributed by atoms with Gasteiger partial charge in [-0.1, -0.05) is 25.4 Å². The van der Waals surface area contributed by atoms with Crippen LogP contribution >= 0.6 is 11.6 Å². The fourth-order valence-corrected chi connectivity index (χ4v) is 3.06. The van der Waals surface area contributed by atoms with Crippen molar-refractivity contribution in [3.63, 3.8) is 0 Å². The van der Waals surface area contributed by atoms with Gasteiger partial charge in [-0.25, -0.2) is 4.98 Å². The third-order valence-electron chi connectivity index (χ3n) is 4.35. The van der Waals surface area contributed by atoms with Crippen LogP contribution in [-0.2, 0) is 0 Å². The van der Waals surface area contributed by atoms with Crippen LogP contribution in [0.15, 0.2) is 12.1 Å². The molecule has 0 spiro atoms. The number of rotatable bonds is 4. The highest BCUT2D eigenvalue weighted by molar-refractivity contribution is 6.29. The molecule has 21 heavy (non-hydrogen) atoms. The zero-order valence-corrected chi connectivity index (χ0v) is 13.7. The molecule has 0 saturated heterocycles. The zero-order chi connectivity index (χ0) is 15.4. The van der Waals surface area contributed by atoms with Crippen LogP contribution in [-0.4, -0.2) is 23.5 Å². The van der Waals surface area contributed by atoms with E-state index in [1.807, 2.05) is 6.92 Å². The molecule has 1 aliphatic carbocycles. The molecule has 1 amide bonds. The minimum absolute atomic E-state index is 0.0646. The molecule has 1 aromatic heterocycles. The van der Waals surface area contributed by atoms with Crippen molar-refractivity contribution >= 4 is 23.3 Å². The Morgan fingerprint density at radius 2 is 2.10 bits per heavy atom. The molecule has 1 fully saturated rings. The first-order valence-corrected chi connectivity index (χ1v) is 8.09. The molecule has 0 radical (unpaired) electrons. The maximum absolute atomic E-state index is 12.4. The summed E-state index contributed by atoms with van der Waals surface area (Å²) < 4.78 is 0. The van der Waals surface area contributed by atoms with Crippen molar-refractivity contribution in [3.8, 4) is 0 Å². The Morgan fingerprint density at radius 1 is 1.33 bits per heavy atom. The molecule has 116 valence electrons. The highest BCUT2D eigenvalue weighted by Crippen LogP contribution is 2.29. The van der Waals surface area contributed by atoms with Gasteiger partial charge in [0.2, 0.25) is 0 Å². The molecule has 1 heterocycles. The molecule has 4 nitrogen and oxygen atoms in total. The van der Waals surface area contributed by atoms with Crippen LogP contribution in [0.1, 0.15) is 50.4 Å². The minimum Gasteiger partial charge on any atom is -0.370 e. The minimum atomic E-state index is -0.0646. The number of aromatic nitrogens is 1. The van der Waals surface area contributed by atoms with E-state index in [9.17, 15) is 4.79 Å². The summed E-state index contributed by atoms with van der Waals surface area (Å²) in [6.07, 6.45) is 3.27. The van der Waals surface area contributed by atoms with E-state index in [0.717, 1.165) is 25.3 Å². The number of hydrogen-bond acceptors (Lipinski definition) is 3. The van der Waals surface area contributed by atoms with Crippen molar-refractivity contribution in [3.05, 3.63) is 22.8 Å². The van der Waals surface area contributed by atoms with Crippen LogP contribution in [0.4, 0.5) is 5.82 Å². The molecule has 0 aromatic carbocycles. The molecule has 2 N–H and O–H groups in total. The Morgan fingerprint density at radius 3 is 2.76 bits per heavy atom. The Kier molecular flexibility index (Phi) is 5.45. The summed E-state index contributed by atoms with van der Waals surface area (Å²) in [5.74, 6) is 1.97. The van der Waals surface area contributed by atoms with Crippen LogP contribution in [0.5, 0.6) is 0 Å². The van der Waals surface area contributed by atoms with Crippen LogP contribution < -0.4 is 10.6 Å². The van der Waals surface area contributed by atoms with E-state index in [-0.39, 0.29) is 11.9 Å². The Bertz CT molecular complexity index is 506. The Balaban J connectivity index is 2.03. The second kappa shape index (κ2) is 7.12. The summed E-state index contributed by atoms with van der Waals surface area (Å²) in [6, 6.07) is 3.63. The van der Waals surface area contributed by atoms with E-state index in [1.54, 1.807) is 12.1 Å². The number of carbonyl (C=O) groups is 1. The summed E-state index contributed by atoms with van der Waals surface area (Å²) in [6.45, 7) is 7.27. The highest BCUT2D eigenvalue weighted by atomic mass is 35.5. The number of nitrogens with zero attached hydrogens (tertiary/aromatic N) is 1. The normalized spacial score (nSPS) is 25.4. The summed E-state index contributed by atoms with van der Waals surface area (Å²) in [5.41, 5.74) is 0.567. The first kappa shape index (κ1) is 16.1. The van der Waals surface area contributed by atoms with Crippen molar-refractivity contribution in [2.45, 2.75) is 46.1 Å². The van der Waals surface area contributed by atoms with Gasteiger partial charge in [-0.2, -0.15) is 0 Å². The molecule has 0 bridgehead atoms. The number of halogens is 1. The largest absolute Gasteiger partial charge is 0.370 e. The van der Waals surface area contributed by atoms with Gasteiger partial charge < -0.3 is 10.6 Å². The molecular formula is C16H24ClN3O. The quantitative estimate of drug-likeness (QED) is 0.833. The number of pyridine rings is 1. The molecular weight excluding hydrogens is 286 g/mol. The van der Waals surface area contributed by atoms with Crippen molar-refractivity contribution in [1.82, 2.24) is 10.3 Å².